The molecule has 23 heavy (non-hydrogen) atoms. The van der Waals surface area contributed by atoms with Gasteiger partial charge in [-0.1, -0.05) is 23.9 Å². The molecule has 3 rings (SSSR count). The average Bonchev–Trinajstić information content (AvgIpc) is 2.95. The smallest absolute Gasteiger partial charge is 0.258 e. The number of hydrogen-bond acceptors (Lipinski definition) is 6. The van der Waals surface area contributed by atoms with E-state index in [-0.39, 0.29) is 11.1 Å². The van der Waals surface area contributed by atoms with Crippen molar-refractivity contribution < 1.29 is 0 Å². The number of hydrogen-bond donors (Lipinski definition) is 1. The Hall–Kier alpha value is -2.22. The van der Waals surface area contributed by atoms with E-state index in [1.165, 1.54) is 11.8 Å². The van der Waals surface area contributed by atoms with Crippen LogP contribution in [0.1, 0.15) is 32.2 Å². The first kappa shape index (κ1) is 15.7. The summed E-state index contributed by atoms with van der Waals surface area (Å²) in [5, 5.41) is 13.1. The van der Waals surface area contributed by atoms with Crippen molar-refractivity contribution in [2.24, 2.45) is 0 Å². The molecule has 2 heterocycles. The van der Waals surface area contributed by atoms with E-state index in [2.05, 4.69) is 25.5 Å². The van der Waals surface area contributed by atoms with Gasteiger partial charge < -0.3 is 4.98 Å². The second-order valence-electron chi connectivity index (χ2n) is 6.32. The van der Waals surface area contributed by atoms with Crippen LogP contribution >= 0.6 is 11.8 Å². The summed E-state index contributed by atoms with van der Waals surface area (Å²) in [6.07, 6.45) is 0. The molecule has 2 aromatic heterocycles. The molecule has 0 aliphatic heterocycles. The van der Waals surface area contributed by atoms with E-state index in [1.54, 1.807) is 10.7 Å². The first-order valence-corrected chi connectivity index (χ1v) is 8.25. The fraction of sp³-hybridized carbons (Fsp3) is 0.400. The van der Waals surface area contributed by atoms with Crippen molar-refractivity contribution in [2.45, 2.75) is 44.1 Å². The number of para-hydroxylation sites is 1. The summed E-state index contributed by atoms with van der Waals surface area (Å²) < 4.78 is 1.77. The Morgan fingerprint density at radius 3 is 2.83 bits per heavy atom. The van der Waals surface area contributed by atoms with Gasteiger partial charge in [-0.3, -0.25) is 4.79 Å². The van der Waals surface area contributed by atoms with Crippen LogP contribution in [0.2, 0.25) is 0 Å². The molecule has 0 bridgehead atoms. The number of tetrazole rings is 1. The zero-order valence-corrected chi connectivity index (χ0v) is 14.3. The number of thioether (sulfide) groups is 1. The number of aromatic nitrogens is 6. The summed E-state index contributed by atoms with van der Waals surface area (Å²) in [5.74, 6) is 1.11. The Balaban J connectivity index is 1.90. The molecule has 3 aromatic rings. The van der Waals surface area contributed by atoms with Gasteiger partial charge in [0.15, 0.2) is 0 Å². The quantitative estimate of drug-likeness (QED) is 0.741. The Morgan fingerprint density at radius 2 is 2.09 bits per heavy atom. The zero-order chi connectivity index (χ0) is 16.6. The monoisotopic (exact) mass is 330 g/mol. The van der Waals surface area contributed by atoms with Crippen molar-refractivity contribution in [1.82, 2.24) is 30.2 Å². The minimum Gasteiger partial charge on any atom is -0.309 e. The molecule has 0 radical (unpaired) electrons. The third-order valence-electron chi connectivity index (χ3n) is 3.40. The fourth-order valence-corrected chi connectivity index (χ4v) is 3.17. The van der Waals surface area contributed by atoms with Crippen molar-refractivity contribution in [3.05, 3.63) is 39.9 Å². The predicted molar refractivity (Wildman–Crippen MR) is 89.5 cm³/mol. The number of nitrogens with one attached hydrogen (secondary N) is 1. The van der Waals surface area contributed by atoms with E-state index in [0.717, 1.165) is 11.1 Å². The van der Waals surface area contributed by atoms with Crippen LogP contribution in [0.3, 0.4) is 0 Å². The van der Waals surface area contributed by atoms with Gasteiger partial charge in [0.25, 0.3) is 5.56 Å². The van der Waals surface area contributed by atoms with Gasteiger partial charge in [0, 0.05) is 0 Å². The number of fused-ring (bicyclic) bond motifs is 1. The minimum atomic E-state index is -0.202. The van der Waals surface area contributed by atoms with Crippen LogP contribution in [-0.2, 0) is 11.3 Å². The topological polar surface area (TPSA) is 89.4 Å². The number of benzene rings is 1. The van der Waals surface area contributed by atoms with Gasteiger partial charge in [0.1, 0.15) is 5.82 Å². The number of rotatable bonds is 3. The second kappa shape index (κ2) is 5.77. The molecular weight excluding hydrogens is 312 g/mol. The largest absolute Gasteiger partial charge is 0.309 e. The molecule has 0 atom stereocenters. The van der Waals surface area contributed by atoms with E-state index in [4.69, 9.17) is 0 Å². The Labute approximate surface area is 137 Å². The summed E-state index contributed by atoms with van der Waals surface area (Å²) in [5.41, 5.74) is 1.40. The van der Waals surface area contributed by atoms with Crippen molar-refractivity contribution >= 4 is 22.7 Å². The third kappa shape index (κ3) is 3.12. The highest BCUT2D eigenvalue weighted by Gasteiger charge is 2.20. The molecule has 0 aliphatic carbocycles. The Morgan fingerprint density at radius 1 is 1.30 bits per heavy atom. The molecule has 120 valence electrons. The number of aryl methyl sites for hydroxylation is 1. The van der Waals surface area contributed by atoms with Crippen LogP contribution in [0.15, 0.2) is 28.2 Å². The molecule has 0 saturated carbocycles. The predicted octanol–water partition coefficient (Wildman–Crippen LogP) is 2.27. The molecule has 1 aromatic carbocycles. The van der Waals surface area contributed by atoms with Crippen molar-refractivity contribution in [3.8, 4) is 0 Å². The lowest BCUT2D eigenvalue weighted by Gasteiger charge is -2.19. The van der Waals surface area contributed by atoms with Gasteiger partial charge in [-0.15, -0.1) is 5.10 Å². The lowest BCUT2D eigenvalue weighted by Crippen LogP contribution is -2.24. The molecule has 1 N–H and O–H groups in total. The van der Waals surface area contributed by atoms with Crippen LogP contribution in [-0.4, -0.2) is 30.2 Å². The zero-order valence-electron chi connectivity index (χ0n) is 13.5. The van der Waals surface area contributed by atoms with E-state index in [0.29, 0.717) is 22.1 Å². The first-order valence-electron chi connectivity index (χ1n) is 7.26. The van der Waals surface area contributed by atoms with Crippen LogP contribution in [0.25, 0.3) is 10.9 Å². The maximum atomic E-state index is 12.2. The second-order valence-corrected chi connectivity index (χ2v) is 7.26. The maximum absolute atomic E-state index is 12.2. The standard InChI is InChI=1S/C15H18N6OS/c1-9-6-5-7-10-12(9)16-11(17-13(10)22)8-23-14-18-19-20-21(14)15(2,3)4/h5-7H,8H2,1-4H3,(H,16,17,22). The van der Waals surface area contributed by atoms with Gasteiger partial charge >= 0.3 is 0 Å². The molecule has 0 saturated heterocycles. The molecule has 8 heteroatoms. The van der Waals surface area contributed by atoms with E-state index in [9.17, 15) is 4.79 Å². The number of H-pyrrole nitrogens is 1. The summed E-state index contributed by atoms with van der Waals surface area (Å²) in [6.45, 7) is 8.05. The van der Waals surface area contributed by atoms with Crippen molar-refractivity contribution in [2.75, 3.05) is 0 Å². The van der Waals surface area contributed by atoms with E-state index < -0.39 is 0 Å². The van der Waals surface area contributed by atoms with Crippen LogP contribution < -0.4 is 5.56 Å². The van der Waals surface area contributed by atoms with Gasteiger partial charge in [0.05, 0.1) is 22.2 Å². The molecule has 0 aliphatic rings. The van der Waals surface area contributed by atoms with Crippen molar-refractivity contribution in [3.63, 3.8) is 0 Å². The SMILES string of the molecule is Cc1cccc2c(=O)[nH]c(CSc3nnnn3C(C)(C)C)nc12. The third-order valence-corrected chi connectivity index (χ3v) is 4.33. The fourth-order valence-electron chi connectivity index (χ4n) is 2.24. The highest BCUT2D eigenvalue weighted by Crippen LogP contribution is 2.24. The summed E-state index contributed by atoms with van der Waals surface area (Å²) in [7, 11) is 0. The van der Waals surface area contributed by atoms with Gasteiger partial charge in [0.2, 0.25) is 5.16 Å². The lowest BCUT2D eigenvalue weighted by molar-refractivity contribution is 0.321. The van der Waals surface area contributed by atoms with Gasteiger partial charge in [-0.05, 0) is 49.8 Å². The van der Waals surface area contributed by atoms with Crippen molar-refractivity contribution in [1.29, 1.82) is 0 Å². The Bertz CT molecular complexity index is 908. The number of aromatic amines is 1. The summed E-state index contributed by atoms with van der Waals surface area (Å²) in [4.78, 5) is 19.6. The average molecular weight is 330 g/mol. The van der Waals surface area contributed by atoms with Crippen LogP contribution in [0, 0.1) is 6.92 Å². The number of nitrogens with zero attached hydrogens (tertiary/aromatic N) is 5. The molecule has 7 nitrogen and oxygen atoms in total. The summed E-state index contributed by atoms with van der Waals surface area (Å²) >= 11 is 1.45. The normalized spacial score (nSPS) is 12.0. The van der Waals surface area contributed by atoms with E-state index in [1.807, 2.05) is 39.8 Å². The van der Waals surface area contributed by atoms with Gasteiger partial charge in [-0.25, -0.2) is 9.67 Å². The highest BCUT2D eigenvalue weighted by atomic mass is 32.2. The molecule has 0 fully saturated rings. The molecule has 0 unspecified atom stereocenters. The minimum absolute atomic E-state index is 0.121. The molecule has 0 spiro atoms. The summed E-state index contributed by atoms with van der Waals surface area (Å²) in [6, 6.07) is 5.59. The van der Waals surface area contributed by atoms with Crippen LogP contribution in [0.5, 0.6) is 0 Å². The molecule has 0 amide bonds. The highest BCUT2D eigenvalue weighted by molar-refractivity contribution is 7.98. The van der Waals surface area contributed by atoms with E-state index >= 15 is 0 Å². The molecular formula is C15H18N6OS. The van der Waals surface area contributed by atoms with Crippen LogP contribution in [0.4, 0.5) is 0 Å². The lowest BCUT2D eigenvalue weighted by atomic mass is 10.1. The first-order chi connectivity index (χ1) is 10.9. The Kier molecular flexibility index (Phi) is 3.93. The maximum Gasteiger partial charge on any atom is 0.258 e. The van der Waals surface area contributed by atoms with Gasteiger partial charge in [-0.2, -0.15) is 0 Å².